The van der Waals surface area contributed by atoms with Gasteiger partial charge in [0.05, 0.1) is 11.4 Å². The molecule has 17 rings (SSSR count). The summed E-state index contributed by atoms with van der Waals surface area (Å²) in [5, 5.41) is 4.49. The molecule has 73 heavy (non-hydrogen) atoms. The van der Waals surface area contributed by atoms with Gasteiger partial charge < -0.3 is 18.6 Å². The second kappa shape index (κ2) is 14.3. The first-order valence-corrected chi connectivity index (χ1v) is 27.0. The van der Waals surface area contributed by atoms with Crippen molar-refractivity contribution in [1.29, 1.82) is 0 Å². The molecule has 10 aromatic carbocycles. The third-order valence-electron chi connectivity index (χ3n) is 16.4. The zero-order valence-corrected chi connectivity index (χ0v) is 42.1. The zero-order valence-electron chi connectivity index (χ0n) is 40.5. The maximum absolute atomic E-state index is 7.47. The fraction of sp³-hybridized carbons (Fsp3) is 0.0769. The molecule has 4 nitrogen and oxygen atoms in total. The Bertz CT molecular complexity index is 4460. The average Bonchev–Trinajstić information content (AvgIpc) is 3.98. The summed E-state index contributed by atoms with van der Waals surface area (Å²) in [5.41, 5.74) is 25.8. The minimum Gasteiger partial charge on any atom is -0.454 e. The van der Waals surface area contributed by atoms with E-state index in [0.29, 0.717) is 0 Å². The van der Waals surface area contributed by atoms with Crippen molar-refractivity contribution in [2.24, 2.45) is 0 Å². The van der Waals surface area contributed by atoms with Crippen molar-refractivity contribution >= 4 is 148 Å². The van der Waals surface area contributed by atoms with E-state index >= 15 is 0 Å². The minimum absolute atomic E-state index is 0.0583. The lowest BCUT2D eigenvalue weighted by Crippen LogP contribution is -2.68. The van der Waals surface area contributed by atoms with Crippen LogP contribution in [-0.4, -0.2) is 13.4 Å². The molecular formula is C65H42B2N2O2S2. The molecule has 12 aromatic rings. The molecule has 2 aromatic heterocycles. The van der Waals surface area contributed by atoms with Gasteiger partial charge in [-0.2, -0.15) is 0 Å². The van der Waals surface area contributed by atoms with Crippen LogP contribution in [0.15, 0.2) is 210 Å². The number of benzene rings is 10. The van der Waals surface area contributed by atoms with E-state index in [1.807, 2.05) is 23.5 Å². The van der Waals surface area contributed by atoms with Crippen LogP contribution in [0.2, 0.25) is 0 Å². The Labute approximate surface area is 431 Å². The number of rotatable bonds is 3. The van der Waals surface area contributed by atoms with E-state index in [0.717, 1.165) is 60.9 Å². The molecule has 0 N–H and O–H groups in total. The van der Waals surface area contributed by atoms with Crippen molar-refractivity contribution in [2.45, 2.75) is 52.7 Å². The van der Waals surface area contributed by atoms with Crippen molar-refractivity contribution in [3.63, 3.8) is 0 Å². The molecule has 0 amide bonds. The summed E-state index contributed by atoms with van der Waals surface area (Å²) in [4.78, 5) is 10.5. The van der Waals surface area contributed by atoms with Gasteiger partial charge in [-0.15, -0.1) is 0 Å². The SMILES string of the molecule is Cc1ccc2c(c1)oc1c3c4c(cc12)B1c2cccc(-c5ccccc5)c2Sc2cc5c6c(c21)N4c1c(cc2c(oc4cc(C(C)(C)C)ccc42)c1N3c1ccccc1)B6c1cccc(-c2ccccc2)c1S5. The lowest BCUT2D eigenvalue weighted by atomic mass is 9.30. The molecule has 0 bridgehead atoms. The Kier molecular flexibility index (Phi) is 7.96. The van der Waals surface area contributed by atoms with E-state index in [-0.39, 0.29) is 18.8 Å². The summed E-state index contributed by atoms with van der Waals surface area (Å²) in [7, 11) is 0. The smallest absolute Gasteiger partial charge is 0.249 e. The highest BCUT2D eigenvalue weighted by atomic mass is 32.2. The van der Waals surface area contributed by atoms with Gasteiger partial charge in [-0.3, -0.25) is 0 Å². The molecule has 0 spiro atoms. The molecule has 8 heteroatoms. The number of aryl methyl sites for hydroxylation is 1. The predicted octanol–water partition coefficient (Wildman–Crippen LogP) is 14.3. The second-order valence-electron chi connectivity index (χ2n) is 21.5. The van der Waals surface area contributed by atoms with Crippen LogP contribution in [-0.2, 0) is 5.41 Å². The van der Waals surface area contributed by atoms with Crippen LogP contribution < -0.4 is 42.6 Å². The van der Waals surface area contributed by atoms with Crippen molar-refractivity contribution in [3.05, 3.63) is 193 Å². The number of hydrogen-bond acceptors (Lipinski definition) is 6. The van der Waals surface area contributed by atoms with Crippen LogP contribution in [0, 0.1) is 6.92 Å². The van der Waals surface area contributed by atoms with Crippen LogP contribution in [0.3, 0.4) is 0 Å². The quantitative estimate of drug-likeness (QED) is 0.164. The van der Waals surface area contributed by atoms with Gasteiger partial charge >= 0.3 is 0 Å². The Hall–Kier alpha value is -7.77. The van der Waals surface area contributed by atoms with Gasteiger partial charge in [-0.25, -0.2) is 0 Å². The summed E-state index contributed by atoms with van der Waals surface area (Å²) in [6.45, 7) is 8.88. The molecule has 0 saturated carbocycles. The van der Waals surface area contributed by atoms with E-state index in [1.54, 1.807) is 0 Å². The van der Waals surface area contributed by atoms with E-state index in [1.165, 1.54) is 103 Å². The Morgan fingerprint density at radius 1 is 0.425 bits per heavy atom. The van der Waals surface area contributed by atoms with Gasteiger partial charge in [0.25, 0.3) is 0 Å². The second-order valence-corrected chi connectivity index (χ2v) is 23.7. The summed E-state index contributed by atoms with van der Waals surface area (Å²) in [6.07, 6.45) is 0. The molecule has 0 unspecified atom stereocenters. The lowest BCUT2D eigenvalue weighted by Gasteiger charge is -2.52. The summed E-state index contributed by atoms with van der Waals surface area (Å²) >= 11 is 3.91. The molecule has 5 aliphatic heterocycles. The highest BCUT2D eigenvalue weighted by Crippen LogP contribution is 2.62. The molecule has 0 fully saturated rings. The molecule has 0 atom stereocenters. The Balaban J connectivity index is 1.09. The zero-order chi connectivity index (χ0) is 48.2. The van der Waals surface area contributed by atoms with Crippen molar-refractivity contribution in [1.82, 2.24) is 0 Å². The van der Waals surface area contributed by atoms with Gasteiger partial charge in [-0.05, 0) is 97.9 Å². The van der Waals surface area contributed by atoms with Crippen LogP contribution in [0.5, 0.6) is 0 Å². The third-order valence-corrected chi connectivity index (χ3v) is 18.9. The van der Waals surface area contributed by atoms with E-state index in [4.69, 9.17) is 8.83 Å². The van der Waals surface area contributed by atoms with Crippen LogP contribution in [0.4, 0.5) is 34.1 Å². The maximum atomic E-state index is 7.47. The van der Waals surface area contributed by atoms with Crippen LogP contribution in [0.25, 0.3) is 66.1 Å². The molecule has 0 saturated heterocycles. The monoisotopic (exact) mass is 968 g/mol. The first kappa shape index (κ1) is 40.8. The summed E-state index contributed by atoms with van der Waals surface area (Å²) < 4.78 is 14.8. The van der Waals surface area contributed by atoms with Crippen molar-refractivity contribution < 1.29 is 8.83 Å². The first-order chi connectivity index (χ1) is 35.8. The molecule has 342 valence electrons. The van der Waals surface area contributed by atoms with Crippen molar-refractivity contribution in [3.8, 4) is 22.3 Å². The van der Waals surface area contributed by atoms with Gasteiger partial charge in [0.1, 0.15) is 22.5 Å². The molecule has 0 radical (unpaired) electrons. The van der Waals surface area contributed by atoms with E-state index in [2.05, 4.69) is 219 Å². The largest absolute Gasteiger partial charge is 0.454 e. The molecule has 7 heterocycles. The highest BCUT2D eigenvalue weighted by Gasteiger charge is 2.54. The van der Waals surface area contributed by atoms with Crippen LogP contribution >= 0.6 is 23.5 Å². The number of fused-ring (bicyclic) bond motifs is 14. The molecule has 5 aliphatic rings. The topological polar surface area (TPSA) is 32.8 Å². The summed E-state index contributed by atoms with van der Waals surface area (Å²) in [6, 6.07) is 68.2. The number of furan rings is 2. The normalized spacial score (nSPS) is 14.4. The Morgan fingerprint density at radius 2 is 0.932 bits per heavy atom. The van der Waals surface area contributed by atoms with Gasteiger partial charge in [0.2, 0.25) is 13.4 Å². The first-order valence-electron chi connectivity index (χ1n) is 25.4. The summed E-state index contributed by atoms with van der Waals surface area (Å²) in [5.74, 6) is 0. The number of hydrogen-bond donors (Lipinski definition) is 0. The standard InChI is InChI=1S/C65H42B2N2O2S2/c1-35-26-28-42-44-32-48-56-59(61(44)70-50(42)30-35)68(39-20-12-7-13-21-39)60-57-49(33-45-43-29-27-38(65(2,3)4)31-51(43)71-62(45)60)67-47-25-15-23-41(37-18-10-6-11-19-37)64(47)73-53-34-52-54(58(55(53)67)69(56)57)66(48)46-24-14-22-40(63(46)72-52)36-16-8-5-9-17-36/h5-34H,1-4H3. The number of nitrogens with zero attached hydrogens (tertiary/aromatic N) is 2. The number of anilines is 6. The van der Waals surface area contributed by atoms with Gasteiger partial charge in [0, 0.05) is 52.5 Å². The molecule has 0 aliphatic carbocycles. The third kappa shape index (κ3) is 5.32. The van der Waals surface area contributed by atoms with E-state index in [9.17, 15) is 0 Å². The van der Waals surface area contributed by atoms with Gasteiger partial charge in [0.15, 0.2) is 11.2 Å². The maximum Gasteiger partial charge on any atom is 0.249 e. The van der Waals surface area contributed by atoms with E-state index < -0.39 is 0 Å². The van der Waals surface area contributed by atoms with Crippen molar-refractivity contribution in [2.75, 3.05) is 9.80 Å². The Morgan fingerprint density at radius 3 is 1.47 bits per heavy atom. The lowest BCUT2D eigenvalue weighted by molar-refractivity contribution is 0.587. The van der Waals surface area contributed by atoms with Gasteiger partial charge in [-0.1, -0.05) is 207 Å². The minimum atomic E-state index is -0.0651. The molecular weight excluding hydrogens is 926 g/mol. The highest BCUT2D eigenvalue weighted by molar-refractivity contribution is 8.01. The van der Waals surface area contributed by atoms with Crippen LogP contribution in [0.1, 0.15) is 31.9 Å². The fourth-order valence-electron chi connectivity index (χ4n) is 13.3. The number of para-hydroxylation sites is 1. The average molecular weight is 969 g/mol. The predicted molar refractivity (Wildman–Crippen MR) is 309 cm³/mol. The fourth-order valence-corrected chi connectivity index (χ4v) is 16.0.